The Morgan fingerprint density at radius 3 is 0.901 bits per heavy atom. The Kier molecular flexibility index (Phi) is 71.5. The maximum Gasteiger partial charge on any atom is 0.472 e. The van der Waals surface area contributed by atoms with Crippen molar-refractivity contribution < 1.29 is 37.6 Å². The van der Waals surface area contributed by atoms with E-state index >= 15 is 0 Å². The van der Waals surface area contributed by atoms with Crippen LogP contribution < -0.4 is 5.73 Å². The van der Waals surface area contributed by atoms with E-state index in [0.717, 1.165) is 116 Å². The number of carbonyl (C=O) groups excluding carboxylic acids is 2. The largest absolute Gasteiger partial charge is 0.472 e. The monoisotopic (exact) mass is 1280 g/mol. The number of unbranched alkanes of at least 4 members (excludes halogenated alkanes) is 32. The Balaban J connectivity index is 3.91. The summed E-state index contributed by atoms with van der Waals surface area (Å²) in [5.41, 5.74) is 5.41. The molecule has 0 spiro atoms. The molecule has 0 aromatic carbocycles. The summed E-state index contributed by atoms with van der Waals surface area (Å²) in [4.78, 5) is 35.4. The molecule has 0 heterocycles. The Morgan fingerprint density at radius 1 is 0.341 bits per heavy atom. The maximum atomic E-state index is 12.8. The molecule has 91 heavy (non-hydrogen) atoms. The fourth-order valence-electron chi connectivity index (χ4n) is 10.2. The Hall–Kier alpha value is -4.11. The maximum absolute atomic E-state index is 12.8. The van der Waals surface area contributed by atoms with Gasteiger partial charge in [0.05, 0.1) is 13.2 Å². The fraction of sp³-hybridized carbons (Fsp3) is 0.679. The average Bonchev–Trinajstić information content (AvgIpc) is 3.74. The number of ether oxygens (including phenoxy) is 2. The van der Waals surface area contributed by atoms with Crippen LogP contribution in [0.1, 0.15) is 322 Å². The zero-order valence-corrected chi connectivity index (χ0v) is 59.4. The summed E-state index contributed by atoms with van der Waals surface area (Å²) >= 11 is 0. The van der Waals surface area contributed by atoms with Gasteiger partial charge in [0.1, 0.15) is 6.61 Å². The first-order chi connectivity index (χ1) is 44.8. The van der Waals surface area contributed by atoms with Gasteiger partial charge in [-0.3, -0.25) is 18.6 Å². The van der Waals surface area contributed by atoms with Crippen LogP contribution in [0.2, 0.25) is 0 Å². The van der Waals surface area contributed by atoms with Crippen molar-refractivity contribution in [3.63, 3.8) is 0 Å². The summed E-state index contributed by atoms with van der Waals surface area (Å²) in [5, 5.41) is 0. The molecule has 0 amide bonds. The molecule has 0 saturated carbocycles. The van der Waals surface area contributed by atoms with Gasteiger partial charge in [-0.2, -0.15) is 0 Å². The van der Waals surface area contributed by atoms with Gasteiger partial charge in [-0.25, -0.2) is 4.57 Å². The number of hydrogen-bond donors (Lipinski definition) is 2. The summed E-state index contributed by atoms with van der Waals surface area (Å²) in [7, 11) is -4.40. The highest BCUT2D eigenvalue weighted by atomic mass is 31.2. The van der Waals surface area contributed by atoms with E-state index in [2.05, 4.69) is 160 Å². The van der Waals surface area contributed by atoms with Gasteiger partial charge in [0.15, 0.2) is 6.10 Å². The lowest BCUT2D eigenvalue weighted by Crippen LogP contribution is -2.29. The van der Waals surface area contributed by atoms with Crippen molar-refractivity contribution in [2.75, 3.05) is 26.4 Å². The molecule has 2 unspecified atom stereocenters. The van der Waals surface area contributed by atoms with Gasteiger partial charge < -0.3 is 20.1 Å². The lowest BCUT2D eigenvalue weighted by atomic mass is 10.0. The molecular weight excluding hydrogens is 1150 g/mol. The van der Waals surface area contributed by atoms with E-state index in [-0.39, 0.29) is 38.6 Å². The predicted octanol–water partition coefficient (Wildman–Crippen LogP) is 25.0. The van der Waals surface area contributed by atoms with Crippen LogP contribution in [0.25, 0.3) is 0 Å². The molecule has 0 aliphatic rings. The van der Waals surface area contributed by atoms with Gasteiger partial charge in [0, 0.05) is 19.4 Å². The molecule has 10 heteroatoms. The van der Waals surface area contributed by atoms with Crippen molar-refractivity contribution >= 4 is 19.8 Å². The predicted molar refractivity (Wildman–Crippen MR) is 394 cm³/mol. The molecular formula is C81H138NO8P. The number of rotatable bonds is 69. The molecule has 0 bridgehead atoms. The molecule has 0 aromatic heterocycles. The van der Waals surface area contributed by atoms with Gasteiger partial charge in [-0.05, 0) is 122 Å². The quantitative estimate of drug-likeness (QED) is 0.0264. The van der Waals surface area contributed by atoms with E-state index in [1.807, 2.05) is 0 Å². The number of allylic oxidation sites excluding steroid dienone is 24. The van der Waals surface area contributed by atoms with Crippen LogP contribution in [0.4, 0.5) is 0 Å². The fourth-order valence-corrected chi connectivity index (χ4v) is 11.0. The zero-order chi connectivity index (χ0) is 65.8. The van der Waals surface area contributed by atoms with E-state index in [1.165, 1.54) is 173 Å². The van der Waals surface area contributed by atoms with Crippen molar-refractivity contribution in [1.29, 1.82) is 0 Å². The standard InChI is InChI=1S/C81H138NO8P/c1-3-5-7-9-11-13-15-17-19-21-23-25-27-29-31-33-34-35-36-37-38-39-40-41-42-43-44-46-48-50-52-54-56-58-60-62-64-66-68-70-72-74-81(84)90-79(78-89-91(85,86)88-76-75-82)77-87-80(83)73-71-69-67-65-63-61-59-57-55-53-51-49-47-45-32-30-28-26-24-22-20-18-16-14-12-10-8-6-4-2/h5,7,11,13,16-19,22-25,29,31,34-35,37-38,40-41,43-44,48,50,79H,3-4,6,8-10,12,14-15,20-21,26-28,30,32-33,36,39,42,45-47,49,51-78,82H2,1-2H3,(H,85,86)/b7-5-,13-11-,18-16-,19-17-,24-22-,25-23-,31-29-,35-34-,38-37-,41-40-,44-43-,50-48-. The smallest absolute Gasteiger partial charge is 0.462 e. The molecule has 0 aliphatic carbocycles. The van der Waals surface area contributed by atoms with E-state index in [4.69, 9.17) is 24.3 Å². The van der Waals surface area contributed by atoms with Crippen molar-refractivity contribution in [1.82, 2.24) is 0 Å². The van der Waals surface area contributed by atoms with Crippen molar-refractivity contribution in [3.8, 4) is 0 Å². The molecule has 0 rings (SSSR count). The number of esters is 2. The first-order valence-corrected chi connectivity index (χ1v) is 38.8. The molecule has 2 atom stereocenters. The highest BCUT2D eigenvalue weighted by Crippen LogP contribution is 2.43. The van der Waals surface area contributed by atoms with Crippen molar-refractivity contribution in [2.45, 2.75) is 328 Å². The summed E-state index contributed by atoms with van der Waals surface area (Å²) in [6.07, 6.45) is 108. The van der Waals surface area contributed by atoms with Crippen LogP contribution in [0.15, 0.2) is 146 Å². The number of nitrogens with two attached hydrogens (primary N) is 1. The topological polar surface area (TPSA) is 134 Å². The third-order valence-corrected chi connectivity index (χ3v) is 16.7. The minimum atomic E-state index is -4.40. The lowest BCUT2D eigenvalue weighted by Gasteiger charge is -2.19. The van der Waals surface area contributed by atoms with Crippen LogP contribution in [0.5, 0.6) is 0 Å². The summed E-state index contributed by atoms with van der Waals surface area (Å²) in [6, 6.07) is 0. The third kappa shape index (κ3) is 74.8. The normalized spacial score (nSPS) is 13.8. The molecule has 0 aromatic rings. The first-order valence-electron chi connectivity index (χ1n) is 37.3. The molecule has 9 nitrogen and oxygen atoms in total. The average molecular weight is 1280 g/mol. The van der Waals surface area contributed by atoms with Crippen LogP contribution in [0.3, 0.4) is 0 Å². The van der Waals surface area contributed by atoms with Gasteiger partial charge >= 0.3 is 19.8 Å². The zero-order valence-electron chi connectivity index (χ0n) is 58.5. The van der Waals surface area contributed by atoms with E-state index in [9.17, 15) is 19.0 Å². The van der Waals surface area contributed by atoms with E-state index in [0.29, 0.717) is 6.42 Å². The highest BCUT2D eigenvalue weighted by Gasteiger charge is 2.26. The Bertz CT molecular complexity index is 2010. The van der Waals surface area contributed by atoms with Crippen LogP contribution in [-0.4, -0.2) is 49.3 Å². The second-order valence-electron chi connectivity index (χ2n) is 24.4. The minimum absolute atomic E-state index is 0.0477. The lowest BCUT2D eigenvalue weighted by molar-refractivity contribution is -0.161. The van der Waals surface area contributed by atoms with Crippen molar-refractivity contribution in [3.05, 3.63) is 146 Å². The van der Waals surface area contributed by atoms with Crippen LogP contribution >= 0.6 is 7.82 Å². The van der Waals surface area contributed by atoms with Crippen LogP contribution in [0, 0.1) is 0 Å². The Morgan fingerprint density at radius 2 is 0.604 bits per heavy atom. The second-order valence-corrected chi connectivity index (χ2v) is 25.9. The summed E-state index contributed by atoms with van der Waals surface area (Å²) in [5.74, 6) is -0.829. The number of phosphoric ester groups is 1. The molecule has 0 radical (unpaired) electrons. The number of phosphoric acid groups is 1. The second kappa shape index (κ2) is 74.9. The van der Waals surface area contributed by atoms with Gasteiger partial charge in [-0.1, -0.05) is 333 Å². The number of carbonyl (C=O) groups is 2. The molecule has 0 saturated heterocycles. The number of hydrogen-bond acceptors (Lipinski definition) is 8. The molecule has 3 N–H and O–H groups in total. The summed E-state index contributed by atoms with van der Waals surface area (Å²) < 4.78 is 33.2. The van der Waals surface area contributed by atoms with Gasteiger partial charge in [0.25, 0.3) is 0 Å². The third-order valence-electron chi connectivity index (χ3n) is 15.7. The first kappa shape index (κ1) is 86.9. The minimum Gasteiger partial charge on any atom is -0.462 e. The molecule has 0 aliphatic heterocycles. The van der Waals surface area contributed by atoms with E-state index < -0.39 is 26.5 Å². The van der Waals surface area contributed by atoms with Crippen molar-refractivity contribution in [2.24, 2.45) is 5.73 Å². The SMILES string of the molecule is CC/C=C\C/C=C\C/C=C\C/C=C\C/C=C\C/C=C\C/C=C\C/C=C\C/C=C\C/C=C\CCCCCCCCCCCCC(=O)OC(COC(=O)CCCCCCCCCCCCCCCCCCC/C=C\C/C=C\CCCCCCC)COP(=O)(O)OCCN. The van der Waals surface area contributed by atoms with Crippen LogP contribution in [-0.2, 0) is 32.7 Å². The Labute approximate surface area is 560 Å². The highest BCUT2D eigenvalue weighted by molar-refractivity contribution is 7.47. The molecule has 520 valence electrons. The summed E-state index contributed by atoms with van der Waals surface area (Å²) in [6.45, 7) is 3.64. The van der Waals surface area contributed by atoms with Gasteiger partial charge in [0.2, 0.25) is 0 Å². The van der Waals surface area contributed by atoms with Gasteiger partial charge in [-0.15, -0.1) is 0 Å². The molecule has 0 fully saturated rings. The van der Waals surface area contributed by atoms with E-state index in [1.54, 1.807) is 0 Å².